The number of carbonyl (C=O) groups excluding carboxylic acids is 1. The van der Waals surface area contributed by atoms with Crippen molar-refractivity contribution >= 4 is 5.97 Å². The Bertz CT molecular complexity index is 268. The molecule has 0 radical (unpaired) electrons. The van der Waals surface area contributed by atoms with Crippen molar-refractivity contribution in [3.05, 3.63) is 0 Å². The standard InChI is InChI=1S/C13H23NO2/c1-13(2,3)16-12(15)10-6-8-4-5-9(7-10)11(8)14/h8-11H,4-7,14H2,1-3H3. The van der Waals surface area contributed by atoms with Gasteiger partial charge in [-0.2, -0.15) is 0 Å². The molecule has 2 bridgehead atoms. The predicted octanol–water partition coefficient (Wildman–Crippen LogP) is 2.09. The molecule has 0 aromatic heterocycles. The van der Waals surface area contributed by atoms with Crippen LogP contribution >= 0.6 is 0 Å². The van der Waals surface area contributed by atoms with Crippen LogP contribution < -0.4 is 5.73 Å². The van der Waals surface area contributed by atoms with E-state index in [0.717, 1.165) is 12.8 Å². The Labute approximate surface area is 97.7 Å². The molecule has 2 fully saturated rings. The van der Waals surface area contributed by atoms with Crippen LogP contribution in [-0.4, -0.2) is 17.6 Å². The van der Waals surface area contributed by atoms with Crippen molar-refractivity contribution in [3.8, 4) is 0 Å². The van der Waals surface area contributed by atoms with Gasteiger partial charge in [-0.05, 0) is 58.3 Å². The van der Waals surface area contributed by atoms with E-state index in [1.807, 2.05) is 20.8 Å². The zero-order chi connectivity index (χ0) is 11.9. The Morgan fingerprint density at radius 2 is 1.69 bits per heavy atom. The van der Waals surface area contributed by atoms with Gasteiger partial charge < -0.3 is 10.5 Å². The number of carbonyl (C=O) groups is 1. The van der Waals surface area contributed by atoms with Crippen LogP contribution in [0.4, 0.5) is 0 Å². The summed E-state index contributed by atoms with van der Waals surface area (Å²) in [6.45, 7) is 5.77. The van der Waals surface area contributed by atoms with Crippen molar-refractivity contribution in [1.82, 2.24) is 0 Å². The number of hydrogen-bond acceptors (Lipinski definition) is 3. The molecule has 2 unspecified atom stereocenters. The van der Waals surface area contributed by atoms with Crippen molar-refractivity contribution in [2.45, 2.75) is 58.1 Å². The summed E-state index contributed by atoms with van der Waals surface area (Å²) in [7, 11) is 0. The molecular formula is C13H23NO2. The maximum absolute atomic E-state index is 12.0. The van der Waals surface area contributed by atoms with E-state index in [2.05, 4.69) is 0 Å². The smallest absolute Gasteiger partial charge is 0.309 e. The minimum atomic E-state index is -0.365. The van der Waals surface area contributed by atoms with Crippen molar-refractivity contribution in [1.29, 1.82) is 0 Å². The normalized spacial score (nSPS) is 38.5. The van der Waals surface area contributed by atoms with Gasteiger partial charge in [-0.25, -0.2) is 0 Å². The molecule has 16 heavy (non-hydrogen) atoms. The monoisotopic (exact) mass is 225 g/mol. The number of rotatable bonds is 1. The van der Waals surface area contributed by atoms with Crippen LogP contribution in [0, 0.1) is 17.8 Å². The lowest BCUT2D eigenvalue weighted by Crippen LogP contribution is -2.41. The highest BCUT2D eigenvalue weighted by atomic mass is 16.6. The van der Waals surface area contributed by atoms with Gasteiger partial charge >= 0.3 is 5.97 Å². The van der Waals surface area contributed by atoms with Gasteiger partial charge in [-0.3, -0.25) is 4.79 Å². The first-order valence-electron chi connectivity index (χ1n) is 6.35. The van der Waals surface area contributed by atoms with E-state index in [0.29, 0.717) is 17.9 Å². The van der Waals surface area contributed by atoms with Gasteiger partial charge in [-0.1, -0.05) is 0 Å². The molecule has 0 aliphatic heterocycles. The van der Waals surface area contributed by atoms with E-state index >= 15 is 0 Å². The lowest BCUT2D eigenvalue weighted by atomic mass is 9.78. The van der Waals surface area contributed by atoms with Crippen molar-refractivity contribution in [2.24, 2.45) is 23.5 Å². The summed E-state index contributed by atoms with van der Waals surface area (Å²) in [6.07, 6.45) is 4.27. The molecular weight excluding hydrogens is 202 g/mol. The van der Waals surface area contributed by atoms with Crippen LogP contribution in [0.25, 0.3) is 0 Å². The fourth-order valence-corrected chi connectivity index (χ4v) is 3.15. The zero-order valence-electron chi connectivity index (χ0n) is 10.5. The molecule has 0 heterocycles. The summed E-state index contributed by atoms with van der Waals surface area (Å²) < 4.78 is 5.46. The maximum atomic E-state index is 12.0. The molecule has 2 atom stereocenters. The average Bonchev–Trinajstić information content (AvgIpc) is 2.38. The Hall–Kier alpha value is -0.570. The molecule has 0 amide bonds. The highest BCUT2D eigenvalue weighted by molar-refractivity contribution is 5.73. The number of ether oxygens (including phenoxy) is 1. The lowest BCUT2D eigenvalue weighted by molar-refractivity contribution is -0.162. The van der Waals surface area contributed by atoms with Crippen molar-refractivity contribution < 1.29 is 9.53 Å². The summed E-state index contributed by atoms with van der Waals surface area (Å²) in [5.41, 5.74) is 5.76. The Morgan fingerprint density at radius 1 is 1.19 bits per heavy atom. The van der Waals surface area contributed by atoms with E-state index in [9.17, 15) is 4.79 Å². The average molecular weight is 225 g/mol. The van der Waals surface area contributed by atoms with Gasteiger partial charge in [0.15, 0.2) is 0 Å². The first-order chi connectivity index (χ1) is 7.37. The van der Waals surface area contributed by atoms with Crippen LogP contribution in [0.15, 0.2) is 0 Å². The summed E-state index contributed by atoms with van der Waals surface area (Å²) in [5, 5.41) is 0. The maximum Gasteiger partial charge on any atom is 0.309 e. The molecule has 2 N–H and O–H groups in total. The molecule has 0 spiro atoms. The summed E-state index contributed by atoms with van der Waals surface area (Å²) in [6, 6.07) is 0.332. The number of hydrogen-bond donors (Lipinski definition) is 1. The van der Waals surface area contributed by atoms with Gasteiger partial charge in [-0.15, -0.1) is 0 Å². The zero-order valence-corrected chi connectivity index (χ0v) is 10.5. The third-order valence-electron chi connectivity index (χ3n) is 3.91. The summed E-state index contributed by atoms with van der Waals surface area (Å²) in [4.78, 5) is 12.0. The first-order valence-corrected chi connectivity index (χ1v) is 6.35. The third kappa shape index (κ3) is 2.40. The van der Waals surface area contributed by atoms with E-state index in [-0.39, 0.29) is 17.5 Å². The van der Waals surface area contributed by atoms with Crippen molar-refractivity contribution in [2.75, 3.05) is 0 Å². The molecule has 0 aromatic carbocycles. The highest BCUT2D eigenvalue weighted by Gasteiger charge is 2.43. The van der Waals surface area contributed by atoms with Crippen LogP contribution in [0.2, 0.25) is 0 Å². The van der Waals surface area contributed by atoms with E-state index < -0.39 is 0 Å². The molecule has 2 aliphatic rings. The molecule has 0 aromatic rings. The Kier molecular flexibility index (Phi) is 2.99. The Balaban J connectivity index is 1.95. The SMILES string of the molecule is CC(C)(C)OC(=O)C1CC2CCC(C1)C2N. The van der Waals surface area contributed by atoms with Crippen molar-refractivity contribution in [3.63, 3.8) is 0 Å². The van der Waals surface area contributed by atoms with Gasteiger partial charge in [0.1, 0.15) is 5.60 Å². The summed E-state index contributed by atoms with van der Waals surface area (Å²) in [5.74, 6) is 1.18. The van der Waals surface area contributed by atoms with Crippen LogP contribution in [0.5, 0.6) is 0 Å². The minimum absolute atomic E-state index is 0.0173. The quantitative estimate of drug-likeness (QED) is 0.695. The van der Waals surface area contributed by atoms with E-state index in [1.165, 1.54) is 12.8 Å². The largest absolute Gasteiger partial charge is 0.460 e. The van der Waals surface area contributed by atoms with Gasteiger partial charge in [0.2, 0.25) is 0 Å². The predicted molar refractivity (Wildman–Crippen MR) is 62.8 cm³/mol. The molecule has 0 saturated heterocycles. The second-order valence-corrected chi connectivity index (χ2v) is 6.38. The number of fused-ring (bicyclic) bond motifs is 2. The Morgan fingerprint density at radius 3 is 2.12 bits per heavy atom. The fraction of sp³-hybridized carbons (Fsp3) is 0.923. The van der Waals surface area contributed by atoms with Crippen LogP contribution in [0.3, 0.4) is 0 Å². The van der Waals surface area contributed by atoms with Gasteiger partial charge in [0, 0.05) is 6.04 Å². The van der Waals surface area contributed by atoms with E-state index in [4.69, 9.17) is 10.5 Å². The molecule has 2 rings (SSSR count). The van der Waals surface area contributed by atoms with E-state index in [1.54, 1.807) is 0 Å². The molecule has 2 saturated carbocycles. The number of esters is 1. The highest BCUT2D eigenvalue weighted by Crippen LogP contribution is 2.44. The third-order valence-corrected chi connectivity index (χ3v) is 3.91. The molecule has 3 heteroatoms. The first kappa shape index (κ1) is 11.9. The van der Waals surface area contributed by atoms with Crippen LogP contribution in [0.1, 0.15) is 46.5 Å². The molecule has 92 valence electrons. The van der Waals surface area contributed by atoms with Gasteiger partial charge in [0.05, 0.1) is 5.92 Å². The second-order valence-electron chi connectivity index (χ2n) is 6.38. The minimum Gasteiger partial charge on any atom is -0.460 e. The summed E-state index contributed by atoms with van der Waals surface area (Å²) >= 11 is 0. The van der Waals surface area contributed by atoms with Crippen LogP contribution in [-0.2, 0) is 9.53 Å². The second kappa shape index (κ2) is 4.02. The van der Waals surface area contributed by atoms with Gasteiger partial charge in [0.25, 0.3) is 0 Å². The lowest BCUT2D eigenvalue weighted by Gasteiger charge is -2.33. The fourth-order valence-electron chi connectivity index (χ4n) is 3.15. The topological polar surface area (TPSA) is 52.3 Å². The molecule has 3 nitrogen and oxygen atoms in total. The number of nitrogens with two attached hydrogens (primary N) is 1. The molecule has 2 aliphatic carbocycles.